The Bertz CT molecular complexity index is 416. The van der Waals surface area contributed by atoms with Crippen molar-refractivity contribution in [3.05, 3.63) is 30.1 Å². The van der Waals surface area contributed by atoms with Crippen LogP contribution in [0.4, 0.5) is 0 Å². The van der Waals surface area contributed by atoms with Crippen LogP contribution in [0.1, 0.15) is 23.2 Å². The number of nitrogens with zero attached hydrogens (tertiary/aromatic N) is 3. The summed E-state index contributed by atoms with van der Waals surface area (Å²) in [4.78, 5) is 20.8. The molecule has 0 aromatic carbocycles. The first-order valence-electron chi connectivity index (χ1n) is 7.12. The van der Waals surface area contributed by atoms with Crippen LogP contribution in [0.25, 0.3) is 0 Å². The third kappa shape index (κ3) is 4.02. The first-order valence-corrected chi connectivity index (χ1v) is 7.12. The highest BCUT2D eigenvalue weighted by Gasteiger charge is 2.26. The molecule has 0 N–H and O–H groups in total. The van der Waals surface area contributed by atoms with Gasteiger partial charge in [0.15, 0.2) is 0 Å². The Kier molecular flexibility index (Phi) is 5.49. The highest BCUT2D eigenvalue weighted by Crippen LogP contribution is 2.17. The highest BCUT2D eigenvalue weighted by molar-refractivity contribution is 5.94. The molecule has 1 aliphatic rings. The molecule has 5 heteroatoms. The van der Waals surface area contributed by atoms with Crippen molar-refractivity contribution in [3.63, 3.8) is 0 Å². The van der Waals surface area contributed by atoms with E-state index >= 15 is 0 Å². The zero-order valence-corrected chi connectivity index (χ0v) is 12.3. The molecule has 110 valence electrons. The largest absolute Gasteiger partial charge is 0.381 e. The summed E-state index contributed by atoms with van der Waals surface area (Å²) in [7, 11) is 4.05. The van der Waals surface area contributed by atoms with Gasteiger partial charge in [0.2, 0.25) is 0 Å². The van der Waals surface area contributed by atoms with Crippen LogP contribution < -0.4 is 0 Å². The summed E-state index contributed by atoms with van der Waals surface area (Å²) in [5.74, 6) is 0.0983. The van der Waals surface area contributed by atoms with E-state index in [9.17, 15) is 4.79 Å². The topological polar surface area (TPSA) is 45.7 Å². The van der Waals surface area contributed by atoms with Crippen LogP contribution in [0, 0.1) is 0 Å². The van der Waals surface area contributed by atoms with E-state index in [1.54, 1.807) is 24.5 Å². The molecule has 0 unspecified atom stereocenters. The number of pyridine rings is 1. The molecule has 0 spiro atoms. The average Bonchev–Trinajstić information content (AvgIpc) is 2.49. The zero-order valence-electron chi connectivity index (χ0n) is 12.3. The summed E-state index contributed by atoms with van der Waals surface area (Å²) in [6.45, 7) is 3.10. The molecular weight excluding hydrogens is 254 g/mol. The van der Waals surface area contributed by atoms with Gasteiger partial charge in [-0.15, -0.1) is 0 Å². The molecule has 5 nitrogen and oxygen atoms in total. The third-order valence-electron chi connectivity index (χ3n) is 3.61. The molecule has 0 radical (unpaired) electrons. The van der Waals surface area contributed by atoms with Gasteiger partial charge in [0, 0.05) is 50.3 Å². The number of aromatic nitrogens is 1. The second-order valence-electron chi connectivity index (χ2n) is 5.38. The van der Waals surface area contributed by atoms with Gasteiger partial charge in [-0.1, -0.05) is 0 Å². The normalized spacial score (nSPS) is 16.4. The van der Waals surface area contributed by atoms with Crippen LogP contribution in [-0.4, -0.2) is 67.1 Å². The van der Waals surface area contributed by atoms with Gasteiger partial charge in [0.05, 0.1) is 0 Å². The molecule has 0 bridgehead atoms. The lowest BCUT2D eigenvalue weighted by molar-refractivity contribution is 0.0276. The summed E-state index contributed by atoms with van der Waals surface area (Å²) in [5.41, 5.74) is 0.713. The van der Waals surface area contributed by atoms with E-state index in [2.05, 4.69) is 9.88 Å². The molecule has 20 heavy (non-hydrogen) atoms. The van der Waals surface area contributed by atoms with Crippen LogP contribution in [0.5, 0.6) is 0 Å². The minimum Gasteiger partial charge on any atom is -0.381 e. The van der Waals surface area contributed by atoms with E-state index < -0.39 is 0 Å². The van der Waals surface area contributed by atoms with Gasteiger partial charge in [-0.3, -0.25) is 9.78 Å². The fourth-order valence-corrected chi connectivity index (χ4v) is 2.41. The number of ether oxygens (including phenoxy) is 1. The molecule has 2 rings (SSSR count). The first-order chi connectivity index (χ1) is 9.68. The van der Waals surface area contributed by atoms with Crippen molar-refractivity contribution in [2.75, 3.05) is 40.4 Å². The van der Waals surface area contributed by atoms with Gasteiger partial charge < -0.3 is 14.5 Å². The Morgan fingerprint density at radius 1 is 1.25 bits per heavy atom. The van der Waals surface area contributed by atoms with Gasteiger partial charge in [0.25, 0.3) is 5.91 Å². The maximum absolute atomic E-state index is 12.7. The highest BCUT2D eigenvalue weighted by atomic mass is 16.5. The molecule has 1 aromatic rings. The number of carbonyl (C=O) groups is 1. The second kappa shape index (κ2) is 7.36. The zero-order chi connectivity index (χ0) is 14.4. The van der Waals surface area contributed by atoms with Gasteiger partial charge >= 0.3 is 0 Å². The van der Waals surface area contributed by atoms with Crippen LogP contribution in [0.3, 0.4) is 0 Å². The van der Waals surface area contributed by atoms with E-state index in [1.807, 2.05) is 19.0 Å². The van der Waals surface area contributed by atoms with Crippen molar-refractivity contribution < 1.29 is 9.53 Å². The smallest absolute Gasteiger partial charge is 0.254 e. The summed E-state index contributed by atoms with van der Waals surface area (Å²) >= 11 is 0. The molecule has 2 heterocycles. The summed E-state index contributed by atoms with van der Waals surface area (Å²) < 4.78 is 5.40. The Morgan fingerprint density at radius 2 is 1.90 bits per heavy atom. The van der Waals surface area contributed by atoms with Crippen molar-refractivity contribution in [1.29, 1.82) is 0 Å². The minimum atomic E-state index is 0.0983. The number of amides is 1. The van der Waals surface area contributed by atoms with Crippen molar-refractivity contribution >= 4 is 5.91 Å². The van der Waals surface area contributed by atoms with Crippen molar-refractivity contribution in [1.82, 2.24) is 14.8 Å². The molecule has 1 saturated heterocycles. The molecule has 1 aromatic heterocycles. The van der Waals surface area contributed by atoms with Crippen molar-refractivity contribution in [2.24, 2.45) is 0 Å². The predicted molar refractivity (Wildman–Crippen MR) is 77.7 cm³/mol. The Hall–Kier alpha value is -1.46. The Balaban J connectivity index is 2.10. The van der Waals surface area contributed by atoms with E-state index in [4.69, 9.17) is 4.74 Å². The van der Waals surface area contributed by atoms with E-state index in [0.717, 1.165) is 39.1 Å². The maximum Gasteiger partial charge on any atom is 0.254 e. The van der Waals surface area contributed by atoms with E-state index in [-0.39, 0.29) is 11.9 Å². The number of carbonyl (C=O) groups excluding carboxylic acids is 1. The second-order valence-corrected chi connectivity index (χ2v) is 5.38. The van der Waals surface area contributed by atoms with Crippen molar-refractivity contribution in [3.8, 4) is 0 Å². The van der Waals surface area contributed by atoms with Gasteiger partial charge in [0.1, 0.15) is 0 Å². The molecule has 0 atom stereocenters. The maximum atomic E-state index is 12.7. The van der Waals surface area contributed by atoms with Crippen LogP contribution in [-0.2, 0) is 4.74 Å². The lowest BCUT2D eigenvalue weighted by atomic mass is 10.1. The van der Waals surface area contributed by atoms with Crippen LogP contribution in [0.2, 0.25) is 0 Å². The van der Waals surface area contributed by atoms with E-state index in [1.165, 1.54) is 0 Å². The van der Waals surface area contributed by atoms with Crippen LogP contribution >= 0.6 is 0 Å². The van der Waals surface area contributed by atoms with Crippen molar-refractivity contribution in [2.45, 2.75) is 18.9 Å². The fourth-order valence-electron chi connectivity index (χ4n) is 2.41. The third-order valence-corrected chi connectivity index (χ3v) is 3.61. The predicted octanol–water partition coefficient (Wildman–Crippen LogP) is 1.26. The number of likely N-dealkylation sites (N-methyl/N-ethyl adjacent to an activating group) is 1. The molecular formula is C15H23N3O2. The fraction of sp³-hybridized carbons (Fsp3) is 0.600. The summed E-state index contributed by atoms with van der Waals surface area (Å²) in [6, 6.07) is 3.85. The van der Waals surface area contributed by atoms with E-state index in [0.29, 0.717) is 5.56 Å². The lowest BCUT2D eigenvalue weighted by Gasteiger charge is -2.35. The standard InChI is InChI=1S/C15H23N3O2/c1-17(2)9-10-18(14-5-11-20-12-6-14)15(19)13-3-7-16-8-4-13/h3-4,7-8,14H,5-6,9-12H2,1-2H3. The summed E-state index contributed by atoms with van der Waals surface area (Å²) in [5, 5.41) is 0. The number of hydrogen-bond donors (Lipinski definition) is 0. The summed E-state index contributed by atoms with van der Waals surface area (Å²) in [6.07, 6.45) is 5.18. The SMILES string of the molecule is CN(C)CCN(C(=O)c1ccncc1)C1CCOCC1. The average molecular weight is 277 g/mol. The number of hydrogen-bond acceptors (Lipinski definition) is 4. The Labute approximate surface area is 120 Å². The minimum absolute atomic E-state index is 0.0983. The van der Waals surface area contributed by atoms with Gasteiger partial charge in [-0.2, -0.15) is 0 Å². The lowest BCUT2D eigenvalue weighted by Crippen LogP contribution is -2.46. The molecule has 1 aliphatic heterocycles. The monoisotopic (exact) mass is 277 g/mol. The molecule has 0 aliphatic carbocycles. The van der Waals surface area contributed by atoms with Gasteiger partial charge in [-0.05, 0) is 39.1 Å². The molecule has 1 fully saturated rings. The first kappa shape index (κ1) is 14.9. The number of rotatable bonds is 5. The molecule has 0 saturated carbocycles. The van der Waals surface area contributed by atoms with Crippen LogP contribution in [0.15, 0.2) is 24.5 Å². The Morgan fingerprint density at radius 3 is 2.50 bits per heavy atom. The molecule has 1 amide bonds. The quantitative estimate of drug-likeness (QED) is 0.813. The van der Waals surface area contributed by atoms with Gasteiger partial charge in [-0.25, -0.2) is 0 Å².